The van der Waals surface area contributed by atoms with E-state index in [0.717, 1.165) is 16.7 Å². The van der Waals surface area contributed by atoms with E-state index in [1.165, 1.54) is 0 Å². The lowest BCUT2D eigenvalue weighted by Gasteiger charge is -2.24. The first-order chi connectivity index (χ1) is 21.2. The summed E-state index contributed by atoms with van der Waals surface area (Å²) in [5.74, 6) is 2.78. The normalized spacial score (nSPS) is 10.8. The van der Waals surface area contributed by atoms with Gasteiger partial charge in [0, 0.05) is 32.7 Å². The average Bonchev–Trinajstić information content (AvgIpc) is 3.05. The second kappa shape index (κ2) is 17.5. The molecule has 1 heterocycles. The molecule has 0 saturated carbocycles. The monoisotopic (exact) mass is 587 g/mol. The molecule has 0 spiro atoms. The van der Waals surface area contributed by atoms with Crippen molar-refractivity contribution in [3.63, 3.8) is 0 Å². The predicted molar refractivity (Wildman–Crippen MR) is 169 cm³/mol. The van der Waals surface area contributed by atoms with Gasteiger partial charge in [0.15, 0.2) is 11.5 Å². The first-order valence-corrected chi connectivity index (χ1v) is 14.3. The van der Waals surface area contributed by atoms with Gasteiger partial charge in [-0.1, -0.05) is 66.7 Å². The number of hydrogen-bond donors (Lipinski definition) is 3. The van der Waals surface area contributed by atoms with Crippen LogP contribution in [0.1, 0.15) is 16.7 Å². The van der Waals surface area contributed by atoms with Crippen LogP contribution in [0.2, 0.25) is 0 Å². The Balaban J connectivity index is 1.54. The highest BCUT2D eigenvalue weighted by Gasteiger charge is 2.16. The van der Waals surface area contributed by atoms with E-state index >= 15 is 0 Å². The Hall–Kier alpha value is -4.45. The maximum atomic E-state index is 5.67. The van der Waals surface area contributed by atoms with Crippen molar-refractivity contribution >= 4 is 17.8 Å². The van der Waals surface area contributed by atoms with Crippen LogP contribution in [0, 0.1) is 0 Å². The Kier molecular flexibility index (Phi) is 12.8. The summed E-state index contributed by atoms with van der Waals surface area (Å²) in [5, 5.41) is 6.65. The Morgan fingerprint density at radius 1 is 0.651 bits per heavy atom. The molecule has 3 aromatic carbocycles. The molecule has 0 atom stereocenters. The lowest BCUT2D eigenvalue weighted by Crippen LogP contribution is -2.26. The first-order valence-electron chi connectivity index (χ1n) is 14.3. The minimum Gasteiger partial charge on any atom is -0.493 e. The smallest absolute Gasteiger partial charge is 0.232 e. The largest absolute Gasteiger partial charge is 0.493 e. The van der Waals surface area contributed by atoms with Crippen molar-refractivity contribution in [2.24, 2.45) is 5.73 Å². The molecule has 0 radical (unpaired) electrons. The standard InChI is InChI=1S/C32H41N7O4/c1-40-28-14-13-27(21-29(28)41-2)22-35-31-36-30(34-16-18-43-20-19-42-17-15-33)37-32(38-31)39(23-25-9-5-3-6-10-25)24-26-11-7-4-8-12-26/h3-14,21H,15-20,22-24,33H2,1-2H3,(H2,34,35,36,37,38). The second-order valence-corrected chi connectivity index (χ2v) is 9.59. The van der Waals surface area contributed by atoms with E-state index in [0.29, 0.717) is 88.5 Å². The highest BCUT2D eigenvalue weighted by atomic mass is 16.5. The van der Waals surface area contributed by atoms with Gasteiger partial charge in [-0.05, 0) is 28.8 Å². The Labute approximate surface area is 253 Å². The highest BCUT2D eigenvalue weighted by Crippen LogP contribution is 2.28. The molecule has 0 unspecified atom stereocenters. The fraction of sp³-hybridized carbons (Fsp3) is 0.344. The van der Waals surface area contributed by atoms with E-state index in [4.69, 9.17) is 34.6 Å². The Morgan fingerprint density at radius 2 is 1.26 bits per heavy atom. The molecule has 4 aromatic rings. The van der Waals surface area contributed by atoms with Gasteiger partial charge < -0.3 is 40.2 Å². The van der Waals surface area contributed by atoms with Crippen molar-refractivity contribution in [1.29, 1.82) is 0 Å². The number of aromatic nitrogens is 3. The molecule has 43 heavy (non-hydrogen) atoms. The van der Waals surface area contributed by atoms with Crippen LogP contribution >= 0.6 is 0 Å². The van der Waals surface area contributed by atoms with Crippen molar-refractivity contribution in [2.75, 3.05) is 69.3 Å². The van der Waals surface area contributed by atoms with Crippen LogP contribution < -0.4 is 30.7 Å². The zero-order valence-electron chi connectivity index (χ0n) is 24.9. The van der Waals surface area contributed by atoms with Gasteiger partial charge in [-0.15, -0.1) is 0 Å². The predicted octanol–water partition coefficient (Wildman–Crippen LogP) is 4.11. The molecule has 11 heteroatoms. The van der Waals surface area contributed by atoms with E-state index < -0.39 is 0 Å². The van der Waals surface area contributed by atoms with Crippen LogP contribution in [0.5, 0.6) is 11.5 Å². The van der Waals surface area contributed by atoms with Crippen LogP contribution in [0.4, 0.5) is 17.8 Å². The SMILES string of the molecule is COc1ccc(CNc2nc(NCCOCCOCCN)nc(N(Cc3ccccc3)Cc3ccccc3)n2)cc1OC. The summed E-state index contributed by atoms with van der Waals surface area (Å²) in [7, 11) is 3.24. The summed E-state index contributed by atoms with van der Waals surface area (Å²) in [4.78, 5) is 16.5. The quantitative estimate of drug-likeness (QED) is 0.137. The number of methoxy groups -OCH3 is 2. The molecular formula is C32H41N7O4. The van der Waals surface area contributed by atoms with Crippen molar-refractivity contribution < 1.29 is 18.9 Å². The molecule has 4 rings (SSSR count). The number of nitrogens with zero attached hydrogens (tertiary/aromatic N) is 4. The zero-order chi connectivity index (χ0) is 30.1. The molecule has 0 aliphatic carbocycles. The topological polar surface area (TPSA) is 129 Å². The lowest BCUT2D eigenvalue weighted by molar-refractivity contribution is 0.0547. The van der Waals surface area contributed by atoms with Crippen molar-refractivity contribution in [1.82, 2.24) is 15.0 Å². The number of hydrogen-bond acceptors (Lipinski definition) is 11. The fourth-order valence-electron chi connectivity index (χ4n) is 4.28. The van der Waals surface area contributed by atoms with Gasteiger partial charge in [-0.2, -0.15) is 15.0 Å². The first kappa shape index (κ1) is 31.5. The highest BCUT2D eigenvalue weighted by molar-refractivity contribution is 5.47. The number of rotatable bonds is 19. The summed E-state index contributed by atoms with van der Waals surface area (Å²) < 4.78 is 21.9. The van der Waals surface area contributed by atoms with E-state index in [1.54, 1.807) is 14.2 Å². The van der Waals surface area contributed by atoms with Crippen LogP contribution in [0.3, 0.4) is 0 Å². The number of ether oxygens (including phenoxy) is 4. The summed E-state index contributed by atoms with van der Waals surface area (Å²) in [6.45, 7) is 4.74. The molecule has 0 aliphatic rings. The van der Waals surface area contributed by atoms with Gasteiger partial charge in [0.25, 0.3) is 0 Å². The Morgan fingerprint density at radius 3 is 1.86 bits per heavy atom. The molecule has 0 bridgehead atoms. The zero-order valence-corrected chi connectivity index (χ0v) is 24.9. The van der Waals surface area contributed by atoms with E-state index in [9.17, 15) is 0 Å². The second-order valence-electron chi connectivity index (χ2n) is 9.59. The van der Waals surface area contributed by atoms with Crippen LogP contribution in [0.25, 0.3) is 0 Å². The minimum atomic E-state index is 0.449. The Bertz CT molecular complexity index is 1320. The molecule has 11 nitrogen and oxygen atoms in total. The van der Waals surface area contributed by atoms with Crippen LogP contribution in [-0.4, -0.2) is 68.7 Å². The van der Waals surface area contributed by atoms with Gasteiger partial charge in [-0.3, -0.25) is 0 Å². The molecule has 1 aromatic heterocycles. The maximum absolute atomic E-state index is 5.67. The molecule has 0 saturated heterocycles. The number of anilines is 3. The number of nitrogens with one attached hydrogen (secondary N) is 2. The molecule has 228 valence electrons. The molecule has 4 N–H and O–H groups in total. The third-order valence-corrected chi connectivity index (χ3v) is 6.40. The van der Waals surface area contributed by atoms with Crippen LogP contribution in [0.15, 0.2) is 78.9 Å². The average molecular weight is 588 g/mol. The van der Waals surface area contributed by atoms with E-state index in [2.05, 4.69) is 44.8 Å². The maximum Gasteiger partial charge on any atom is 0.232 e. The van der Waals surface area contributed by atoms with Gasteiger partial charge in [0.2, 0.25) is 17.8 Å². The fourth-order valence-corrected chi connectivity index (χ4v) is 4.28. The van der Waals surface area contributed by atoms with Crippen molar-refractivity contribution in [3.8, 4) is 11.5 Å². The lowest BCUT2D eigenvalue weighted by atomic mass is 10.2. The summed E-state index contributed by atoms with van der Waals surface area (Å²) in [5.41, 5.74) is 8.75. The van der Waals surface area contributed by atoms with E-state index in [-0.39, 0.29) is 0 Å². The van der Waals surface area contributed by atoms with E-state index in [1.807, 2.05) is 54.6 Å². The summed E-state index contributed by atoms with van der Waals surface area (Å²) in [6, 6.07) is 26.3. The van der Waals surface area contributed by atoms with Crippen molar-refractivity contribution in [2.45, 2.75) is 19.6 Å². The third-order valence-electron chi connectivity index (χ3n) is 6.40. The van der Waals surface area contributed by atoms with Gasteiger partial charge in [0.05, 0.1) is 40.6 Å². The van der Waals surface area contributed by atoms with Crippen LogP contribution in [-0.2, 0) is 29.1 Å². The summed E-state index contributed by atoms with van der Waals surface area (Å²) >= 11 is 0. The third kappa shape index (κ3) is 10.4. The molecular weight excluding hydrogens is 546 g/mol. The number of benzene rings is 3. The molecule has 0 amide bonds. The minimum absolute atomic E-state index is 0.449. The van der Waals surface area contributed by atoms with Gasteiger partial charge in [-0.25, -0.2) is 0 Å². The molecule has 0 fully saturated rings. The molecule has 0 aliphatic heterocycles. The van der Waals surface area contributed by atoms with Gasteiger partial charge >= 0.3 is 0 Å². The van der Waals surface area contributed by atoms with Gasteiger partial charge in [0.1, 0.15) is 0 Å². The number of nitrogens with two attached hydrogens (primary N) is 1. The summed E-state index contributed by atoms with van der Waals surface area (Å²) in [6.07, 6.45) is 0. The van der Waals surface area contributed by atoms with Crippen molar-refractivity contribution in [3.05, 3.63) is 95.6 Å².